The molecule has 1 aromatic heterocycles. The summed E-state index contributed by atoms with van der Waals surface area (Å²) in [5, 5.41) is 2.87. The number of benzene rings is 2. The number of hydrogen-bond donors (Lipinski definition) is 2. The summed E-state index contributed by atoms with van der Waals surface area (Å²) in [5.41, 5.74) is 8.48. The van der Waals surface area contributed by atoms with Crippen LogP contribution in [0.3, 0.4) is 0 Å². The number of hydrogen-bond acceptors (Lipinski definition) is 3. The molecule has 0 aliphatic rings. The van der Waals surface area contributed by atoms with Gasteiger partial charge in [-0.1, -0.05) is 32.9 Å². The Morgan fingerprint density at radius 1 is 0.889 bits per heavy atom. The van der Waals surface area contributed by atoms with Gasteiger partial charge in [-0.2, -0.15) is 0 Å². The number of nitrogens with one attached hydrogen (secondary N) is 1. The van der Waals surface area contributed by atoms with Crippen molar-refractivity contribution in [3.05, 3.63) is 77.6 Å². The molecule has 0 atom stereocenters. The van der Waals surface area contributed by atoms with E-state index in [1.165, 1.54) is 11.6 Å². The Kier molecular flexibility index (Phi) is 4.86. The quantitative estimate of drug-likeness (QED) is 0.711. The molecule has 0 saturated carbocycles. The van der Waals surface area contributed by atoms with Crippen LogP contribution < -0.4 is 11.1 Å². The van der Waals surface area contributed by atoms with Crippen molar-refractivity contribution in [3.8, 4) is 11.3 Å². The minimum absolute atomic E-state index is 0.0467. The third kappa shape index (κ3) is 4.26. The molecule has 5 nitrogen and oxygen atoms in total. The van der Waals surface area contributed by atoms with Gasteiger partial charge in [0.2, 0.25) is 0 Å². The van der Waals surface area contributed by atoms with Crippen molar-refractivity contribution in [1.82, 2.24) is 0 Å². The molecule has 138 valence electrons. The van der Waals surface area contributed by atoms with E-state index in [1.54, 1.807) is 18.2 Å². The van der Waals surface area contributed by atoms with Crippen LogP contribution in [0.15, 0.2) is 65.1 Å². The van der Waals surface area contributed by atoms with Crippen LogP contribution in [0, 0.1) is 0 Å². The van der Waals surface area contributed by atoms with E-state index in [1.807, 2.05) is 36.4 Å². The van der Waals surface area contributed by atoms with Crippen molar-refractivity contribution in [2.75, 3.05) is 5.32 Å². The molecule has 0 aliphatic heterocycles. The van der Waals surface area contributed by atoms with Gasteiger partial charge in [-0.25, -0.2) is 0 Å². The third-order valence-corrected chi connectivity index (χ3v) is 4.29. The fourth-order valence-electron chi connectivity index (χ4n) is 2.67. The van der Waals surface area contributed by atoms with Crippen LogP contribution in [0.25, 0.3) is 11.3 Å². The van der Waals surface area contributed by atoms with Crippen molar-refractivity contribution in [3.63, 3.8) is 0 Å². The average Bonchev–Trinajstić information content (AvgIpc) is 3.12. The van der Waals surface area contributed by atoms with Gasteiger partial charge in [0.15, 0.2) is 5.76 Å². The summed E-state index contributed by atoms with van der Waals surface area (Å²) in [4.78, 5) is 23.5. The molecule has 27 heavy (non-hydrogen) atoms. The number of carbonyl (C=O) groups is 2. The Morgan fingerprint density at radius 2 is 1.52 bits per heavy atom. The minimum atomic E-state index is -0.609. The molecule has 0 spiro atoms. The van der Waals surface area contributed by atoms with Crippen LogP contribution in [0.4, 0.5) is 5.69 Å². The Labute approximate surface area is 158 Å². The van der Waals surface area contributed by atoms with Crippen molar-refractivity contribution >= 4 is 17.5 Å². The molecule has 0 unspecified atom stereocenters. The highest BCUT2D eigenvalue weighted by Gasteiger charge is 2.14. The highest BCUT2D eigenvalue weighted by Crippen LogP contribution is 2.25. The fourth-order valence-corrected chi connectivity index (χ4v) is 2.67. The van der Waals surface area contributed by atoms with Gasteiger partial charge in [-0.05, 0) is 59.5 Å². The summed E-state index contributed by atoms with van der Waals surface area (Å²) >= 11 is 0. The Balaban J connectivity index is 1.70. The van der Waals surface area contributed by atoms with Crippen LogP contribution in [-0.2, 0) is 5.41 Å². The van der Waals surface area contributed by atoms with Gasteiger partial charge in [0.25, 0.3) is 11.8 Å². The van der Waals surface area contributed by atoms with E-state index in [-0.39, 0.29) is 17.1 Å². The van der Waals surface area contributed by atoms with E-state index in [0.29, 0.717) is 17.0 Å². The molecular formula is C22H22N2O3. The van der Waals surface area contributed by atoms with E-state index in [4.69, 9.17) is 10.2 Å². The fraction of sp³-hybridized carbons (Fsp3) is 0.182. The Morgan fingerprint density at radius 3 is 2.04 bits per heavy atom. The first-order valence-electron chi connectivity index (χ1n) is 8.66. The SMILES string of the molecule is CC(C)(C)c1ccc(C(=O)Nc2ccc(-c3ccc(C(N)=O)o3)cc2)cc1. The molecule has 3 rings (SSSR count). The maximum absolute atomic E-state index is 12.4. The van der Waals surface area contributed by atoms with Crippen molar-refractivity contribution < 1.29 is 14.0 Å². The number of nitrogens with two attached hydrogens (primary N) is 1. The Hall–Kier alpha value is -3.34. The van der Waals surface area contributed by atoms with Gasteiger partial charge < -0.3 is 15.5 Å². The zero-order valence-corrected chi connectivity index (χ0v) is 15.6. The molecule has 1 heterocycles. The van der Waals surface area contributed by atoms with Gasteiger partial charge in [0.1, 0.15) is 5.76 Å². The van der Waals surface area contributed by atoms with Crippen molar-refractivity contribution in [1.29, 1.82) is 0 Å². The monoisotopic (exact) mass is 362 g/mol. The molecule has 2 amide bonds. The molecule has 0 radical (unpaired) electrons. The molecule has 0 fully saturated rings. The van der Waals surface area contributed by atoms with E-state index in [0.717, 1.165) is 5.56 Å². The second-order valence-electron chi connectivity index (χ2n) is 7.39. The standard InChI is InChI=1S/C22H22N2O3/c1-22(2,3)16-8-4-15(5-9-16)21(26)24-17-10-6-14(7-11-17)18-12-13-19(27-18)20(23)25/h4-13H,1-3H3,(H2,23,25)(H,24,26). The lowest BCUT2D eigenvalue weighted by molar-refractivity contribution is 0.0973. The maximum Gasteiger partial charge on any atom is 0.284 e. The van der Waals surface area contributed by atoms with Crippen molar-refractivity contribution in [2.45, 2.75) is 26.2 Å². The third-order valence-electron chi connectivity index (χ3n) is 4.29. The topological polar surface area (TPSA) is 85.3 Å². The zero-order valence-electron chi connectivity index (χ0n) is 15.6. The molecule has 2 aromatic carbocycles. The largest absolute Gasteiger partial charge is 0.451 e. The van der Waals surface area contributed by atoms with Gasteiger partial charge in [0, 0.05) is 16.8 Å². The highest BCUT2D eigenvalue weighted by atomic mass is 16.3. The zero-order chi connectivity index (χ0) is 19.6. The lowest BCUT2D eigenvalue weighted by Gasteiger charge is -2.19. The number of carbonyl (C=O) groups excluding carboxylic acids is 2. The van der Waals surface area contributed by atoms with Gasteiger partial charge >= 0.3 is 0 Å². The van der Waals surface area contributed by atoms with Crippen LogP contribution in [0.1, 0.15) is 47.2 Å². The lowest BCUT2D eigenvalue weighted by atomic mass is 9.87. The van der Waals surface area contributed by atoms with E-state index >= 15 is 0 Å². The summed E-state index contributed by atoms with van der Waals surface area (Å²) in [6.45, 7) is 6.40. The first-order valence-corrected chi connectivity index (χ1v) is 8.66. The predicted octanol–water partition coefficient (Wildman–Crippen LogP) is 4.60. The number of primary amides is 1. The maximum atomic E-state index is 12.4. The average molecular weight is 362 g/mol. The molecule has 3 N–H and O–H groups in total. The summed E-state index contributed by atoms with van der Waals surface area (Å²) in [6, 6.07) is 18.0. The first-order chi connectivity index (χ1) is 12.7. The summed E-state index contributed by atoms with van der Waals surface area (Å²) in [5.74, 6) is -0.125. The summed E-state index contributed by atoms with van der Waals surface area (Å²) in [7, 11) is 0. The van der Waals surface area contributed by atoms with Gasteiger partial charge in [0.05, 0.1) is 0 Å². The number of anilines is 1. The number of amides is 2. The van der Waals surface area contributed by atoms with Gasteiger partial charge in [-0.3, -0.25) is 9.59 Å². The molecule has 0 saturated heterocycles. The molecular weight excluding hydrogens is 340 g/mol. The predicted molar refractivity (Wildman–Crippen MR) is 106 cm³/mol. The minimum Gasteiger partial charge on any atom is -0.451 e. The number of furan rings is 1. The number of rotatable bonds is 4. The lowest BCUT2D eigenvalue weighted by Crippen LogP contribution is -2.14. The van der Waals surface area contributed by atoms with Crippen LogP contribution in [-0.4, -0.2) is 11.8 Å². The van der Waals surface area contributed by atoms with Crippen LogP contribution in [0.5, 0.6) is 0 Å². The molecule has 0 aliphatic carbocycles. The van der Waals surface area contributed by atoms with E-state index in [9.17, 15) is 9.59 Å². The van der Waals surface area contributed by atoms with Gasteiger partial charge in [-0.15, -0.1) is 0 Å². The highest BCUT2D eigenvalue weighted by molar-refractivity contribution is 6.04. The van der Waals surface area contributed by atoms with E-state index < -0.39 is 5.91 Å². The normalized spacial score (nSPS) is 11.2. The smallest absolute Gasteiger partial charge is 0.284 e. The molecule has 0 bridgehead atoms. The van der Waals surface area contributed by atoms with Crippen molar-refractivity contribution in [2.24, 2.45) is 5.73 Å². The first kappa shape index (κ1) is 18.5. The second kappa shape index (κ2) is 7.11. The summed E-state index contributed by atoms with van der Waals surface area (Å²) in [6.07, 6.45) is 0. The van der Waals surface area contributed by atoms with E-state index in [2.05, 4.69) is 26.1 Å². The van der Waals surface area contributed by atoms with Crippen LogP contribution >= 0.6 is 0 Å². The van der Waals surface area contributed by atoms with Crippen LogP contribution in [0.2, 0.25) is 0 Å². The molecule has 5 heteroatoms. The molecule has 3 aromatic rings. The summed E-state index contributed by atoms with van der Waals surface area (Å²) < 4.78 is 5.40. The second-order valence-corrected chi connectivity index (χ2v) is 7.39. The Bertz CT molecular complexity index is 962.